The predicted molar refractivity (Wildman–Crippen MR) is 87.5 cm³/mol. The van der Waals surface area contributed by atoms with Crippen molar-refractivity contribution in [1.29, 1.82) is 0 Å². The summed E-state index contributed by atoms with van der Waals surface area (Å²) in [6.45, 7) is 0. The fourth-order valence-electron chi connectivity index (χ4n) is 1.43. The Morgan fingerprint density at radius 1 is 0.500 bits per heavy atom. The van der Waals surface area contributed by atoms with Gasteiger partial charge in [-0.1, -0.05) is 88.0 Å². The minimum Gasteiger partial charge on any atom is -0.0876 e. The number of alkyl halides is 4. The van der Waals surface area contributed by atoms with Crippen LogP contribution < -0.4 is 0 Å². The van der Waals surface area contributed by atoms with Crippen LogP contribution in [0.5, 0.6) is 0 Å². The molecule has 1 rings (SSSR count). The molecule has 0 bridgehead atoms. The van der Waals surface area contributed by atoms with Crippen LogP contribution in [0.25, 0.3) is 0 Å². The van der Waals surface area contributed by atoms with E-state index in [1.165, 1.54) is 22.3 Å². The summed E-state index contributed by atoms with van der Waals surface area (Å²) in [6.07, 6.45) is 8.90. The van der Waals surface area contributed by atoms with Crippen molar-refractivity contribution in [3.63, 3.8) is 0 Å². The average Bonchev–Trinajstić information content (AvgIpc) is 2.29. The summed E-state index contributed by atoms with van der Waals surface area (Å²) in [6, 6.07) is 0. The molecule has 4 heteroatoms. The van der Waals surface area contributed by atoms with Gasteiger partial charge < -0.3 is 0 Å². The third-order valence-corrected chi connectivity index (χ3v) is 4.69. The lowest BCUT2D eigenvalue weighted by Crippen LogP contribution is -1.95. The standard InChI is InChI=1S/C12H12Br4/c13-5-9-1-10(6-14)3-12(8-16)4-11(2-9)7-15/h1-4H,5-8H2/b9-1+,9-2?,10-1?,10-3+,11-2+,11-4?,12-3?,12-4+. The molecular formula is C12H12Br4. The highest BCUT2D eigenvalue weighted by atomic mass is 79.9. The molecule has 88 valence electrons. The van der Waals surface area contributed by atoms with Gasteiger partial charge in [-0.3, -0.25) is 0 Å². The highest BCUT2D eigenvalue weighted by Crippen LogP contribution is 2.20. The second-order valence-electron chi connectivity index (χ2n) is 3.41. The Morgan fingerprint density at radius 3 is 0.812 bits per heavy atom. The topological polar surface area (TPSA) is 0 Å². The first kappa shape index (κ1) is 14.9. The maximum Gasteiger partial charge on any atom is 0.0283 e. The van der Waals surface area contributed by atoms with Gasteiger partial charge in [0.05, 0.1) is 0 Å². The number of hydrogen-bond donors (Lipinski definition) is 0. The Labute approximate surface area is 130 Å². The van der Waals surface area contributed by atoms with Crippen molar-refractivity contribution in [3.8, 4) is 0 Å². The van der Waals surface area contributed by atoms with Gasteiger partial charge in [0.2, 0.25) is 0 Å². The smallest absolute Gasteiger partial charge is 0.0283 e. The molecule has 0 aromatic carbocycles. The summed E-state index contributed by atoms with van der Waals surface area (Å²) >= 11 is 14.1. The quantitative estimate of drug-likeness (QED) is 0.485. The van der Waals surface area contributed by atoms with Crippen molar-refractivity contribution in [3.05, 3.63) is 46.6 Å². The summed E-state index contributed by atoms with van der Waals surface area (Å²) in [5.74, 6) is 0. The first-order chi connectivity index (χ1) is 7.73. The zero-order valence-electron chi connectivity index (χ0n) is 8.65. The fourth-order valence-corrected chi connectivity index (χ4v) is 2.72. The van der Waals surface area contributed by atoms with Crippen LogP contribution in [0.2, 0.25) is 0 Å². The van der Waals surface area contributed by atoms with Gasteiger partial charge in [0.15, 0.2) is 0 Å². The third-order valence-electron chi connectivity index (χ3n) is 2.10. The molecule has 0 spiro atoms. The maximum atomic E-state index is 3.52. The lowest BCUT2D eigenvalue weighted by molar-refractivity contribution is 1.36. The minimum absolute atomic E-state index is 0.880. The average molecular weight is 476 g/mol. The second-order valence-corrected chi connectivity index (χ2v) is 5.65. The molecule has 16 heavy (non-hydrogen) atoms. The van der Waals surface area contributed by atoms with E-state index in [4.69, 9.17) is 0 Å². The summed E-state index contributed by atoms with van der Waals surface area (Å²) in [5, 5.41) is 3.52. The van der Waals surface area contributed by atoms with Crippen LogP contribution in [0.4, 0.5) is 0 Å². The summed E-state index contributed by atoms with van der Waals surface area (Å²) < 4.78 is 0. The number of allylic oxidation sites excluding steroid dienone is 8. The molecule has 0 aromatic heterocycles. The maximum absolute atomic E-state index is 3.52. The molecule has 0 fully saturated rings. The van der Waals surface area contributed by atoms with Gasteiger partial charge >= 0.3 is 0 Å². The normalized spacial score (nSPS) is 29.8. The van der Waals surface area contributed by atoms with Gasteiger partial charge in [0, 0.05) is 21.3 Å². The van der Waals surface area contributed by atoms with E-state index in [2.05, 4.69) is 88.0 Å². The van der Waals surface area contributed by atoms with Crippen molar-refractivity contribution in [2.75, 3.05) is 21.3 Å². The Bertz CT molecular complexity index is 278. The largest absolute Gasteiger partial charge is 0.0876 e. The molecule has 0 nitrogen and oxygen atoms in total. The lowest BCUT2D eigenvalue weighted by atomic mass is 10.0. The highest BCUT2D eigenvalue weighted by molar-refractivity contribution is 9.09. The Balaban J connectivity index is 3.13. The van der Waals surface area contributed by atoms with Gasteiger partial charge in [0.25, 0.3) is 0 Å². The van der Waals surface area contributed by atoms with Gasteiger partial charge in [-0.05, 0) is 22.3 Å². The second kappa shape index (κ2) is 8.06. The first-order valence-electron chi connectivity index (χ1n) is 4.79. The molecular weight excluding hydrogens is 464 g/mol. The van der Waals surface area contributed by atoms with Crippen LogP contribution in [-0.4, -0.2) is 21.3 Å². The molecule has 1 aliphatic carbocycles. The van der Waals surface area contributed by atoms with Crippen LogP contribution in [0, 0.1) is 0 Å². The van der Waals surface area contributed by atoms with E-state index in [9.17, 15) is 0 Å². The van der Waals surface area contributed by atoms with Crippen LogP contribution >= 0.6 is 63.7 Å². The van der Waals surface area contributed by atoms with Gasteiger partial charge in [-0.25, -0.2) is 0 Å². The Morgan fingerprint density at radius 2 is 0.688 bits per heavy atom. The van der Waals surface area contributed by atoms with Crippen LogP contribution in [-0.2, 0) is 0 Å². The van der Waals surface area contributed by atoms with Crippen LogP contribution in [0.1, 0.15) is 0 Å². The number of hydrogen-bond acceptors (Lipinski definition) is 0. The van der Waals surface area contributed by atoms with Crippen molar-refractivity contribution in [2.45, 2.75) is 0 Å². The van der Waals surface area contributed by atoms with Gasteiger partial charge in [-0.2, -0.15) is 0 Å². The Hall–Kier alpha value is 0.880. The molecule has 0 saturated carbocycles. The van der Waals surface area contributed by atoms with E-state index in [1.807, 2.05) is 0 Å². The van der Waals surface area contributed by atoms with Crippen LogP contribution in [0.3, 0.4) is 0 Å². The van der Waals surface area contributed by atoms with E-state index in [-0.39, 0.29) is 0 Å². The summed E-state index contributed by atoms with van der Waals surface area (Å²) in [7, 11) is 0. The number of halogens is 4. The zero-order chi connectivity index (χ0) is 12.0. The predicted octanol–water partition coefficient (Wildman–Crippen LogP) is 5.29. The minimum atomic E-state index is 0.880. The molecule has 0 heterocycles. The van der Waals surface area contributed by atoms with E-state index >= 15 is 0 Å². The molecule has 1 aliphatic rings. The van der Waals surface area contributed by atoms with E-state index in [0.29, 0.717) is 0 Å². The van der Waals surface area contributed by atoms with Crippen molar-refractivity contribution >= 4 is 63.7 Å². The monoisotopic (exact) mass is 472 g/mol. The Kier molecular flexibility index (Phi) is 7.53. The first-order valence-corrected chi connectivity index (χ1v) is 9.28. The van der Waals surface area contributed by atoms with E-state index < -0.39 is 0 Å². The van der Waals surface area contributed by atoms with E-state index in [0.717, 1.165) is 21.3 Å². The number of rotatable bonds is 4. The van der Waals surface area contributed by atoms with Crippen LogP contribution in [0.15, 0.2) is 46.6 Å². The lowest BCUT2D eigenvalue weighted by Gasteiger charge is -2.09. The van der Waals surface area contributed by atoms with E-state index in [1.54, 1.807) is 0 Å². The molecule has 0 amide bonds. The molecule has 0 saturated heterocycles. The molecule has 0 unspecified atom stereocenters. The third kappa shape index (κ3) is 4.63. The summed E-state index contributed by atoms with van der Waals surface area (Å²) in [4.78, 5) is 0. The summed E-state index contributed by atoms with van der Waals surface area (Å²) in [5.41, 5.74) is 5.19. The molecule has 0 aliphatic heterocycles. The molecule has 0 aromatic rings. The zero-order valence-corrected chi connectivity index (χ0v) is 15.0. The molecule has 0 radical (unpaired) electrons. The highest BCUT2D eigenvalue weighted by Gasteiger charge is 2.03. The SMILES string of the molecule is BrCC1=C/C(CBr)=C\C(CBr)=C/C(CBr)=C\1. The molecule has 0 N–H and O–H groups in total. The van der Waals surface area contributed by atoms with Crippen molar-refractivity contribution in [1.82, 2.24) is 0 Å². The van der Waals surface area contributed by atoms with Gasteiger partial charge in [-0.15, -0.1) is 0 Å². The fraction of sp³-hybridized carbons (Fsp3) is 0.333. The van der Waals surface area contributed by atoms with Gasteiger partial charge in [0.1, 0.15) is 0 Å². The van der Waals surface area contributed by atoms with Crippen molar-refractivity contribution < 1.29 is 0 Å². The van der Waals surface area contributed by atoms with Crippen molar-refractivity contribution in [2.24, 2.45) is 0 Å². The molecule has 0 atom stereocenters.